The standard InChI is InChI=1S/C19H34N6OS.HI/c1-15(2)12-25-16(22-23-18(25)27-4)6-5-9-21-17(20-3)24-10-7-19(13-24)8-11-26-14-19;/h15H,5-14H2,1-4H3,(H,20,21);1H. The molecule has 2 aliphatic rings. The maximum absolute atomic E-state index is 5.64. The minimum Gasteiger partial charge on any atom is -0.381 e. The van der Waals surface area contributed by atoms with Gasteiger partial charge in [-0.1, -0.05) is 25.6 Å². The number of rotatable bonds is 7. The zero-order chi connectivity index (χ0) is 19.3. The molecule has 0 amide bonds. The highest BCUT2D eigenvalue weighted by molar-refractivity contribution is 14.0. The van der Waals surface area contributed by atoms with Crippen molar-refractivity contribution >= 4 is 41.7 Å². The van der Waals surface area contributed by atoms with Gasteiger partial charge in [0.15, 0.2) is 11.1 Å². The average Bonchev–Trinajstić information content (AvgIpc) is 3.37. The van der Waals surface area contributed by atoms with Crippen LogP contribution in [0.15, 0.2) is 10.1 Å². The Labute approximate surface area is 190 Å². The predicted molar refractivity (Wildman–Crippen MR) is 126 cm³/mol. The molecule has 3 rings (SSSR count). The van der Waals surface area contributed by atoms with Crippen molar-refractivity contribution in [3.63, 3.8) is 0 Å². The van der Waals surface area contributed by atoms with Crippen LogP contribution >= 0.6 is 35.7 Å². The van der Waals surface area contributed by atoms with Gasteiger partial charge >= 0.3 is 0 Å². The fraction of sp³-hybridized carbons (Fsp3) is 0.842. The Hall–Kier alpha value is -0.550. The maximum Gasteiger partial charge on any atom is 0.193 e. The third kappa shape index (κ3) is 5.75. The number of nitrogens with one attached hydrogen (secondary N) is 1. The molecule has 0 aliphatic carbocycles. The fourth-order valence-corrected chi connectivity index (χ4v) is 4.59. The van der Waals surface area contributed by atoms with Crippen LogP contribution in [0.25, 0.3) is 0 Å². The van der Waals surface area contributed by atoms with E-state index in [9.17, 15) is 0 Å². The normalized spacial score (nSPS) is 22.3. The van der Waals surface area contributed by atoms with Crippen LogP contribution in [-0.4, -0.2) is 71.8 Å². The Morgan fingerprint density at radius 2 is 2.18 bits per heavy atom. The number of aliphatic imine (C=N–C) groups is 1. The summed E-state index contributed by atoms with van der Waals surface area (Å²) in [6.45, 7) is 10.3. The largest absolute Gasteiger partial charge is 0.381 e. The third-order valence-electron chi connectivity index (χ3n) is 5.52. The summed E-state index contributed by atoms with van der Waals surface area (Å²) in [5.41, 5.74) is 0.360. The molecule has 160 valence electrons. The first kappa shape index (κ1) is 23.7. The van der Waals surface area contributed by atoms with Crippen molar-refractivity contribution in [1.82, 2.24) is 25.0 Å². The number of nitrogens with zero attached hydrogens (tertiary/aromatic N) is 5. The molecule has 1 unspecified atom stereocenters. The van der Waals surface area contributed by atoms with Crippen LogP contribution in [0, 0.1) is 11.3 Å². The number of aryl methyl sites for hydroxylation is 1. The number of ether oxygens (including phenoxy) is 1. The molecule has 1 N–H and O–H groups in total. The van der Waals surface area contributed by atoms with E-state index in [2.05, 4.69) is 50.1 Å². The first-order chi connectivity index (χ1) is 13.1. The number of hydrogen-bond donors (Lipinski definition) is 1. The number of guanidine groups is 1. The van der Waals surface area contributed by atoms with Gasteiger partial charge in [-0.3, -0.25) is 4.99 Å². The number of likely N-dealkylation sites (tertiary alicyclic amines) is 1. The maximum atomic E-state index is 5.64. The zero-order valence-electron chi connectivity index (χ0n) is 17.6. The van der Waals surface area contributed by atoms with Crippen molar-refractivity contribution in [1.29, 1.82) is 0 Å². The zero-order valence-corrected chi connectivity index (χ0v) is 20.8. The van der Waals surface area contributed by atoms with Gasteiger partial charge in [-0.25, -0.2) is 0 Å². The highest BCUT2D eigenvalue weighted by atomic mass is 127. The summed E-state index contributed by atoms with van der Waals surface area (Å²) >= 11 is 1.67. The van der Waals surface area contributed by atoms with E-state index in [0.717, 1.165) is 69.2 Å². The van der Waals surface area contributed by atoms with Gasteiger partial charge in [0.2, 0.25) is 0 Å². The molecule has 2 saturated heterocycles. The lowest BCUT2D eigenvalue weighted by atomic mass is 9.87. The monoisotopic (exact) mass is 522 g/mol. The molecule has 1 aromatic rings. The Morgan fingerprint density at radius 3 is 2.82 bits per heavy atom. The summed E-state index contributed by atoms with van der Waals surface area (Å²) in [5, 5.41) is 13.3. The molecule has 2 aliphatic heterocycles. The van der Waals surface area contributed by atoms with Crippen LogP contribution in [0.4, 0.5) is 0 Å². The summed E-state index contributed by atoms with van der Waals surface area (Å²) < 4.78 is 7.91. The van der Waals surface area contributed by atoms with Crippen molar-refractivity contribution in [2.45, 2.75) is 51.2 Å². The summed E-state index contributed by atoms with van der Waals surface area (Å²) in [4.78, 5) is 6.89. The molecular weight excluding hydrogens is 487 g/mol. The molecule has 3 heterocycles. The van der Waals surface area contributed by atoms with E-state index in [1.54, 1.807) is 11.8 Å². The van der Waals surface area contributed by atoms with Gasteiger partial charge in [0.25, 0.3) is 0 Å². The highest BCUT2D eigenvalue weighted by Gasteiger charge is 2.42. The van der Waals surface area contributed by atoms with E-state index in [4.69, 9.17) is 4.74 Å². The molecule has 0 aromatic carbocycles. The minimum absolute atomic E-state index is 0. The molecule has 0 bridgehead atoms. The number of halogens is 1. The van der Waals surface area contributed by atoms with E-state index in [1.165, 1.54) is 12.8 Å². The smallest absolute Gasteiger partial charge is 0.193 e. The Bertz CT molecular complexity index is 644. The van der Waals surface area contributed by atoms with E-state index >= 15 is 0 Å². The van der Waals surface area contributed by atoms with Crippen molar-refractivity contribution in [2.24, 2.45) is 16.3 Å². The van der Waals surface area contributed by atoms with Gasteiger partial charge in [-0.15, -0.1) is 34.2 Å². The predicted octanol–water partition coefficient (Wildman–Crippen LogP) is 2.89. The molecule has 1 atom stereocenters. The second-order valence-electron chi connectivity index (χ2n) is 8.16. The van der Waals surface area contributed by atoms with E-state index in [0.29, 0.717) is 11.3 Å². The molecule has 28 heavy (non-hydrogen) atoms. The van der Waals surface area contributed by atoms with Gasteiger partial charge in [0, 0.05) is 51.7 Å². The van der Waals surface area contributed by atoms with Gasteiger partial charge in [0.1, 0.15) is 5.82 Å². The molecule has 2 fully saturated rings. The summed E-state index contributed by atoms with van der Waals surface area (Å²) in [7, 11) is 1.88. The molecule has 1 spiro atoms. The number of hydrogen-bond acceptors (Lipinski definition) is 5. The molecule has 1 aromatic heterocycles. The Kier molecular flexibility index (Phi) is 9.33. The van der Waals surface area contributed by atoms with E-state index < -0.39 is 0 Å². The van der Waals surface area contributed by atoms with Crippen LogP contribution < -0.4 is 5.32 Å². The van der Waals surface area contributed by atoms with Crippen LogP contribution in [0.2, 0.25) is 0 Å². The summed E-state index contributed by atoms with van der Waals surface area (Å²) in [6, 6.07) is 0. The van der Waals surface area contributed by atoms with Gasteiger partial charge in [0.05, 0.1) is 6.61 Å². The highest BCUT2D eigenvalue weighted by Crippen LogP contribution is 2.38. The molecule has 9 heteroatoms. The van der Waals surface area contributed by atoms with Crippen LogP contribution in [0.3, 0.4) is 0 Å². The van der Waals surface area contributed by atoms with Crippen LogP contribution in [0.1, 0.15) is 38.9 Å². The van der Waals surface area contributed by atoms with Crippen molar-refractivity contribution < 1.29 is 4.74 Å². The Balaban J connectivity index is 0.00000280. The fourth-order valence-electron chi connectivity index (χ4n) is 4.07. The second-order valence-corrected chi connectivity index (χ2v) is 8.93. The molecular formula is C19H35IN6OS. The van der Waals surface area contributed by atoms with E-state index in [-0.39, 0.29) is 24.0 Å². The first-order valence-electron chi connectivity index (χ1n) is 10.1. The topological polar surface area (TPSA) is 67.6 Å². The lowest BCUT2D eigenvalue weighted by Gasteiger charge is -2.25. The summed E-state index contributed by atoms with van der Waals surface area (Å²) in [5.74, 6) is 2.70. The molecule has 0 radical (unpaired) electrons. The lowest BCUT2D eigenvalue weighted by Crippen LogP contribution is -2.41. The van der Waals surface area contributed by atoms with E-state index in [1.807, 2.05) is 7.05 Å². The van der Waals surface area contributed by atoms with Crippen LogP contribution in [0.5, 0.6) is 0 Å². The Morgan fingerprint density at radius 1 is 1.36 bits per heavy atom. The minimum atomic E-state index is 0. The van der Waals surface area contributed by atoms with Gasteiger partial charge in [-0.05, 0) is 31.4 Å². The third-order valence-corrected chi connectivity index (χ3v) is 6.19. The van der Waals surface area contributed by atoms with Crippen molar-refractivity contribution in [2.75, 3.05) is 46.2 Å². The molecule has 7 nitrogen and oxygen atoms in total. The number of thioether (sulfide) groups is 1. The van der Waals surface area contributed by atoms with Crippen LogP contribution in [-0.2, 0) is 17.7 Å². The van der Waals surface area contributed by atoms with Gasteiger partial charge in [-0.2, -0.15) is 0 Å². The average molecular weight is 523 g/mol. The quantitative estimate of drug-likeness (QED) is 0.195. The summed E-state index contributed by atoms with van der Waals surface area (Å²) in [6.07, 6.45) is 6.41. The second kappa shape index (κ2) is 11.0. The lowest BCUT2D eigenvalue weighted by molar-refractivity contribution is 0.156. The SMILES string of the molecule is CN=C(NCCCc1nnc(SC)n1CC(C)C)N1CCC2(CCOC2)C1.I. The van der Waals surface area contributed by atoms with Crippen molar-refractivity contribution in [3.8, 4) is 0 Å². The van der Waals surface area contributed by atoms with Crippen molar-refractivity contribution in [3.05, 3.63) is 5.82 Å². The van der Waals surface area contributed by atoms with Gasteiger partial charge < -0.3 is 19.5 Å². The number of aromatic nitrogens is 3. The first-order valence-corrected chi connectivity index (χ1v) is 11.3. The molecule has 0 saturated carbocycles.